The molecule has 2 fully saturated rings. The zero-order valence-corrected chi connectivity index (χ0v) is 12.0. The number of piperidine rings is 2. The average molecular weight is 253 g/mol. The number of hydrogen-bond donors (Lipinski definition) is 1. The van der Waals surface area contributed by atoms with E-state index >= 15 is 0 Å². The van der Waals surface area contributed by atoms with E-state index in [2.05, 4.69) is 24.2 Å². The van der Waals surface area contributed by atoms with Crippen molar-refractivity contribution in [1.29, 1.82) is 0 Å². The van der Waals surface area contributed by atoms with Crippen molar-refractivity contribution in [3.05, 3.63) is 0 Å². The summed E-state index contributed by atoms with van der Waals surface area (Å²) in [6, 6.07) is 0.696. The van der Waals surface area contributed by atoms with Gasteiger partial charge in [0.2, 0.25) is 5.91 Å². The Bertz CT molecular complexity index is 289. The summed E-state index contributed by atoms with van der Waals surface area (Å²) >= 11 is 0. The SMILES string of the molecule is CNC1(C)CCN(C2CCN(C(C)=O)CC2)CC1. The molecule has 104 valence electrons. The van der Waals surface area contributed by atoms with Crippen LogP contribution in [0.4, 0.5) is 0 Å². The first kappa shape index (κ1) is 13.8. The van der Waals surface area contributed by atoms with Crippen molar-refractivity contribution in [3.63, 3.8) is 0 Å². The lowest BCUT2D eigenvalue weighted by atomic mass is 9.88. The zero-order valence-electron chi connectivity index (χ0n) is 12.0. The van der Waals surface area contributed by atoms with E-state index in [0.717, 1.165) is 25.9 Å². The maximum absolute atomic E-state index is 11.3. The molecule has 0 aromatic heterocycles. The van der Waals surface area contributed by atoms with E-state index in [9.17, 15) is 4.79 Å². The molecule has 0 saturated carbocycles. The van der Waals surface area contributed by atoms with Crippen LogP contribution in [0.2, 0.25) is 0 Å². The van der Waals surface area contributed by atoms with Gasteiger partial charge in [-0.25, -0.2) is 0 Å². The summed E-state index contributed by atoms with van der Waals surface area (Å²) in [7, 11) is 2.07. The van der Waals surface area contributed by atoms with Crippen LogP contribution in [-0.4, -0.2) is 60.5 Å². The van der Waals surface area contributed by atoms with E-state index in [1.165, 1.54) is 25.9 Å². The Labute approximate surface area is 111 Å². The molecule has 4 nitrogen and oxygen atoms in total. The number of nitrogens with one attached hydrogen (secondary N) is 1. The molecule has 2 aliphatic heterocycles. The fourth-order valence-electron chi connectivity index (χ4n) is 3.18. The molecular formula is C14H27N3O. The van der Waals surface area contributed by atoms with E-state index in [-0.39, 0.29) is 5.91 Å². The van der Waals surface area contributed by atoms with Crippen molar-refractivity contribution in [1.82, 2.24) is 15.1 Å². The van der Waals surface area contributed by atoms with Crippen LogP contribution in [0.1, 0.15) is 39.5 Å². The van der Waals surface area contributed by atoms with Gasteiger partial charge in [-0.3, -0.25) is 4.79 Å². The van der Waals surface area contributed by atoms with Crippen LogP contribution in [0.15, 0.2) is 0 Å². The normalized spacial score (nSPS) is 26.3. The number of hydrogen-bond acceptors (Lipinski definition) is 3. The monoisotopic (exact) mass is 253 g/mol. The number of nitrogens with zero attached hydrogens (tertiary/aromatic N) is 2. The van der Waals surface area contributed by atoms with Gasteiger partial charge in [-0.15, -0.1) is 0 Å². The van der Waals surface area contributed by atoms with Crippen molar-refractivity contribution >= 4 is 5.91 Å². The van der Waals surface area contributed by atoms with Crippen LogP contribution in [0.3, 0.4) is 0 Å². The molecule has 0 atom stereocenters. The van der Waals surface area contributed by atoms with Gasteiger partial charge in [0.15, 0.2) is 0 Å². The van der Waals surface area contributed by atoms with E-state index in [4.69, 9.17) is 0 Å². The topological polar surface area (TPSA) is 35.6 Å². The highest BCUT2D eigenvalue weighted by molar-refractivity contribution is 5.73. The number of rotatable bonds is 2. The fraction of sp³-hybridized carbons (Fsp3) is 0.929. The van der Waals surface area contributed by atoms with Gasteiger partial charge in [-0.2, -0.15) is 0 Å². The van der Waals surface area contributed by atoms with Gasteiger partial charge in [0.25, 0.3) is 0 Å². The third-order valence-electron chi connectivity index (χ3n) is 4.93. The van der Waals surface area contributed by atoms with Crippen molar-refractivity contribution < 1.29 is 4.79 Å². The Morgan fingerprint density at radius 3 is 2.17 bits per heavy atom. The van der Waals surface area contributed by atoms with Crippen LogP contribution in [-0.2, 0) is 4.79 Å². The second kappa shape index (κ2) is 5.57. The van der Waals surface area contributed by atoms with Crippen LogP contribution in [0.5, 0.6) is 0 Å². The molecule has 1 amide bonds. The maximum Gasteiger partial charge on any atom is 0.219 e. The third-order valence-corrected chi connectivity index (χ3v) is 4.93. The Hall–Kier alpha value is -0.610. The van der Waals surface area contributed by atoms with E-state index in [0.29, 0.717) is 11.6 Å². The summed E-state index contributed by atoms with van der Waals surface area (Å²) in [6.45, 7) is 8.28. The van der Waals surface area contributed by atoms with E-state index in [1.807, 2.05) is 4.90 Å². The predicted octanol–water partition coefficient (Wildman–Crippen LogP) is 1.07. The molecule has 1 N–H and O–H groups in total. The lowest BCUT2D eigenvalue weighted by molar-refractivity contribution is -0.130. The largest absolute Gasteiger partial charge is 0.343 e. The smallest absolute Gasteiger partial charge is 0.219 e. The van der Waals surface area contributed by atoms with E-state index in [1.54, 1.807) is 6.92 Å². The minimum atomic E-state index is 0.231. The quantitative estimate of drug-likeness (QED) is 0.799. The first-order valence-corrected chi connectivity index (χ1v) is 7.22. The molecule has 0 aliphatic carbocycles. The van der Waals surface area contributed by atoms with Crippen LogP contribution < -0.4 is 5.32 Å². The number of carbonyl (C=O) groups is 1. The fourth-order valence-corrected chi connectivity index (χ4v) is 3.18. The molecule has 2 aliphatic rings. The van der Waals surface area contributed by atoms with Crippen LogP contribution >= 0.6 is 0 Å². The highest BCUT2D eigenvalue weighted by Crippen LogP contribution is 2.26. The Morgan fingerprint density at radius 1 is 1.17 bits per heavy atom. The van der Waals surface area contributed by atoms with Gasteiger partial charge in [-0.05, 0) is 39.7 Å². The first-order valence-electron chi connectivity index (χ1n) is 7.22. The molecule has 0 aromatic carbocycles. The first-order chi connectivity index (χ1) is 8.54. The summed E-state index contributed by atoms with van der Waals surface area (Å²) < 4.78 is 0. The molecule has 0 aromatic rings. The molecule has 0 bridgehead atoms. The number of likely N-dealkylation sites (tertiary alicyclic amines) is 2. The van der Waals surface area contributed by atoms with Crippen LogP contribution in [0.25, 0.3) is 0 Å². The van der Waals surface area contributed by atoms with Gasteiger partial charge in [-0.1, -0.05) is 0 Å². The maximum atomic E-state index is 11.3. The summed E-state index contributed by atoms with van der Waals surface area (Å²) in [5.41, 5.74) is 0.330. The molecule has 18 heavy (non-hydrogen) atoms. The second-order valence-corrected chi connectivity index (χ2v) is 6.08. The summed E-state index contributed by atoms with van der Waals surface area (Å²) in [4.78, 5) is 15.9. The van der Waals surface area contributed by atoms with Crippen LogP contribution in [0, 0.1) is 0 Å². The highest BCUT2D eigenvalue weighted by atomic mass is 16.2. The molecule has 0 unspecified atom stereocenters. The van der Waals surface area contributed by atoms with Gasteiger partial charge < -0.3 is 15.1 Å². The lowest BCUT2D eigenvalue weighted by Crippen LogP contribution is -2.54. The minimum absolute atomic E-state index is 0.231. The molecule has 2 heterocycles. The van der Waals surface area contributed by atoms with Gasteiger partial charge in [0.1, 0.15) is 0 Å². The molecule has 2 rings (SSSR count). The van der Waals surface area contributed by atoms with Crippen molar-refractivity contribution in [2.75, 3.05) is 33.2 Å². The van der Waals surface area contributed by atoms with Crippen molar-refractivity contribution in [2.45, 2.75) is 51.1 Å². The third kappa shape index (κ3) is 3.04. The van der Waals surface area contributed by atoms with Gasteiger partial charge >= 0.3 is 0 Å². The van der Waals surface area contributed by atoms with Gasteiger partial charge in [0, 0.05) is 44.7 Å². The molecule has 4 heteroatoms. The second-order valence-electron chi connectivity index (χ2n) is 6.08. The van der Waals surface area contributed by atoms with Gasteiger partial charge in [0.05, 0.1) is 0 Å². The Kier molecular flexibility index (Phi) is 4.28. The number of amides is 1. The van der Waals surface area contributed by atoms with Crippen molar-refractivity contribution in [2.24, 2.45) is 0 Å². The number of carbonyl (C=O) groups excluding carboxylic acids is 1. The average Bonchev–Trinajstić information content (AvgIpc) is 2.40. The molecule has 0 radical (unpaired) electrons. The lowest BCUT2D eigenvalue weighted by Gasteiger charge is -2.45. The minimum Gasteiger partial charge on any atom is -0.343 e. The van der Waals surface area contributed by atoms with E-state index < -0.39 is 0 Å². The summed E-state index contributed by atoms with van der Waals surface area (Å²) in [5, 5.41) is 3.45. The van der Waals surface area contributed by atoms with Crippen molar-refractivity contribution in [3.8, 4) is 0 Å². The molecule has 0 spiro atoms. The highest BCUT2D eigenvalue weighted by Gasteiger charge is 2.32. The molecular weight excluding hydrogens is 226 g/mol. The Balaban J connectivity index is 1.80. The zero-order chi connectivity index (χ0) is 13.2. The molecule has 2 saturated heterocycles. The summed E-state index contributed by atoms with van der Waals surface area (Å²) in [6.07, 6.45) is 4.76. The Morgan fingerprint density at radius 2 is 1.72 bits per heavy atom. The summed E-state index contributed by atoms with van der Waals surface area (Å²) in [5.74, 6) is 0.231. The standard InChI is InChI=1S/C14H27N3O/c1-12(18)16-8-4-13(5-9-16)17-10-6-14(2,15-3)7-11-17/h13,15H,4-11H2,1-3H3. The predicted molar refractivity (Wildman–Crippen MR) is 73.5 cm³/mol.